The van der Waals surface area contributed by atoms with Gasteiger partial charge in [-0.25, -0.2) is 0 Å². The van der Waals surface area contributed by atoms with Gasteiger partial charge in [-0.05, 0) is 50.1 Å². The molecule has 0 spiro atoms. The molecule has 2 aromatic carbocycles. The van der Waals surface area contributed by atoms with Crippen LogP contribution in [0.15, 0.2) is 36.4 Å². The number of hydrogen-bond acceptors (Lipinski definition) is 2. The number of hydrogen-bond donors (Lipinski definition) is 0. The normalized spacial score (nSPS) is 10.3. The number of ketones is 1. The molecule has 2 aromatic rings. The molecule has 0 N–H and O–H groups in total. The van der Waals surface area contributed by atoms with Crippen molar-refractivity contribution in [2.75, 3.05) is 7.11 Å². The van der Waals surface area contributed by atoms with Crippen molar-refractivity contribution in [3.63, 3.8) is 0 Å². The molecule has 0 atom stereocenters. The number of methoxy groups -OCH3 is 1. The zero-order valence-corrected chi connectivity index (χ0v) is 11.8. The molecule has 2 nitrogen and oxygen atoms in total. The molecule has 0 aromatic heterocycles. The highest BCUT2D eigenvalue weighted by Crippen LogP contribution is 2.21. The number of ether oxygens (including phenoxy) is 1. The third-order valence-electron chi connectivity index (χ3n) is 3.28. The Kier molecular flexibility index (Phi) is 3.70. The standard InChI is InChI=1S/C17H18O2/c1-11-5-7-15(12(2)9-11)17(18)14-6-8-16(19-4)13(3)10-14/h5-10H,1-4H3. The molecule has 98 valence electrons. The number of carbonyl (C=O) groups excluding carboxylic acids is 1. The van der Waals surface area contributed by atoms with Gasteiger partial charge >= 0.3 is 0 Å². The minimum absolute atomic E-state index is 0.0586. The Bertz CT molecular complexity index is 627. The third kappa shape index (κ3) is 2.68. The molecule has 0 aliphatic carbocycles. The van der Waals surface area contributed by atoms with Crippen LogP contribution in [-0.2, 0) is 0 Å². The molecule has 0 radical (unpaired) electrons. The van der Waals surface area contributed by atoms with Crippen molar-refractivity contribution in [2.45, 2.75) is 20.8 Å². The lowest BCUT2D eigenvalue weighted by Crippen LogP contribution is -2.04. The van der Waals surface area contributed by atoms with E-state index < -0.39 is 0 Å². The Morgan fingerprint density at radius 1 is 0.947 bits per heavy atom. The predicted molar refractivity (Wildman–Crippen MR) is 77.1 cm³/mol. The summed E-state index contributed by atoms with van der Waals surface area (Å²) in [6, 6.07) is 11.4. The molecule has 0 fully saturated rings. The van der Waals surface area contributed by atoms with E-state index in [1.807, 2.05) is 57.2 Å². The molecule has 0 bridgehead atoms. The van der Waals surface area contributed by atoms with Gasteiger partial charge in [-0.15, -0.1) is 0 Å². The Hall–Kier alpha value is -2.09. The zero-order chi connectivity index (χ0) is 14.0. The van der Waals surface area contributed by atoms with Gasteiger partial charge in [-0.2, -0.15) is 0 Å². The summed E-state index contributed by atoms with van der Waals surface area (Å²) in [5.41, 5.74) is 4.61. The van der Waals surface area contributed by atoms with Crippen LogP contribution in [-0.4, -0.2) is 12.9 Å². The van der Waals surface area contributed by atoms with E-state index in [0.29, 0.717) is 5.56 Å². The van der Waals surface area contributed by atoms with E-state index in [1.165, 1.54) is 5.56 Å². The lowest BCUT2D eigenvalue weighted by atomic mass is 9.96. The summed E-state index contributed by atoms with van der Waals surface area (Å²) in [5.74, 6) is 0.862. The van der Waals surface area contributed by atoms with Crippen molar-refractivity contribution in [3.05, 3.63) is 64.2 Å². The van der Waals surface area contributed by atoms with Crippen molar-refractivity contribution in [2.24, 2.45) is 0 Å². The average Bonchev–Trinajstić information content (AvgIpc) is 2.38. The van der Waals surface area contributed by atoms with E-state index in [1.54, 1.807) is 7.11 Å². The molecule has 0 saturated heterocycles. The van der Waals surface area contributed by atoms with E-state index in [2.05, 4.69) is 0 Å². The van der Waals surface area contributed by atoms with Gasteiger partial charge in [0.05, 0.1) is 7.11 Å². The maximum atomic E-state index is 12.5. The van der Waals surface area contributed by atoms with Crippen LogP contribution in [0, 0.1) is 20.8 Å². The molecular formula is C17H18O2. The largest absolute Gasteiger partial charge is 0.496 e. The third-order valence-corrected chi connectivity index (χ3v) is 3.28. The van der Waals surface area contributed by atoms with Crippen LogP contribution in [0.25, 0.3) is 0 Å². The lowest BCUT2D eigenvalue weighted by molar-refractivity contribution is 0.103. The number of aryl methyl sites for hydroxylation is 3. The van der Waals surface area contributed by atoms with Crippen LogP contribution < -0.4 is 4.74 Å². The molecule has 2 rings (SSSR count). The highest BCUT2D eigenvalue weighted by molar-refractivity contribution is 6.10. The van der Waals surface area contributed by atoms with Gasteiger partial charge in [0.1, 0.15) is 5.75 Å². The first-order valence-corrected chi connectivity index (χ1v) is 6.29. The summed E-state index contributed by atoms with van der Waals surface area (Å²) in [6.07, 6.45) is 0. The van der Waals surface area contributed by atoms with Crippen molar-refractivity contribution in [1.82, 2.24) is 0 Å². The van der Waals surface area contributed by atoms with Gasteiger partial charge in [0, 0.05) is 11.1 Å². The van der Waals surface area contributed by atoms with E-state index in [0.717, 1.165) is 22.4 Å². The van der Waals surface area contributed by atoms with E-state index in [-0.39, 0.29) is 5.78 Å². The molecule has 0 unspecified atom stereocenters. The van der Waals surface area contributed by atoms with Crippen LogP contribution in [0.3, 0.4) is 0 Å². The predicted octanol–water partition coefficient (Wildman–Crippen LogP) is 3.85. The summed E-state index contributed by atoms with van der Waals surface area (Å²) < 4.78 is 5.21. The minimum atomic E-state index is 0.0586. The molecule has 0 saturated carbocycles. The van der Waals surface area contributed by atoms with Crippen molar-refractivity contribution in [3.8, 4) is 5.75 Å². The Labute approximate surface area is 114 Å². The second kappa shape index (κ2) is 5.27. The van der Waals surface area contributed by atoms with Gasteiger partial charge in [0.25, 0.3) is 0 Å². The number of benzene rings is 2. The average molecular weight is 254 g/mol. The van der Waals surface area contributed by atoms with Gasteiger partial charge < -0.3 is 4.74 Å². The van der Waals surface area contributed by atoms with E-state index in [4.69, 9.17) is 4.74 Å². The van der Waals surface area contributed by atoms with E-state index in [9.17, 15) is 4.79 Å². The van der Waals surface area contributed by atoms with Gasteiger partial charge in [0.2, 0.25) is 0 Å². The van der Waals surface area contributed by atoms with Crippen LogP contribution >= 0.6 is 0 Å². The van der Waals surface area contributed by atoms with Crippen LogP contribution in [0.2, 0.25) is 0 Å². The summed E-state index contributed by atoms with van der Waals surface area (Å²) in [4.78, 5) is 12.5. The Morgan fingerprint density at radius 3 is 2.26 bits per heavy atom. The zero-order valence-electron chi connectivity index (χ0n) is 11.8. The lowest BCUT2D eigenvalue weighted by Gasteiger charge is -2.09. The fraction of sp³-hybridized carbons (Fsp3) is 0.235. The minimum Gasteiger partial charge on any atom is -0.496 e. The quantitative estimate of drug-likeness (QED) is 0.778. The molecule has 0 aliphatic rings. The molecule has 19 heavy (non-hydrogen) atoms. The summed E-state index contributed by atoms with van der Waals surface area (Å²) >= 11 is 0. The van der Waals surface area contributed by atoms with Crippen LogP contribution in [0.1, 0.15) is 32.6 Å². The first-order chi connectivity index (χ1) is 9.02. The van der Waals surface area contributed by atoms with Crippen LogP contribution in [0.4, 0.5) is 0 Å². The summed E-state index contributed by atoms with van der Waals surface area (Å²) in [6.45, 7) is 5.94. The second-order valence-corrected chi connectivity index (χ2v) is 4.83. The van der Waals surface area contributed by atoms with Crippen molar-refractivity contribution in [1.29, 1.82) is 0 Å². The number of carbonyl (C=O) groups is 1. The smallest absolute Gasteiger partial charge is 0.193 e. The molecule has 0 heterocycles. The monoisotopic (exact) mass is 254 g/mol. The SMILES string of the molecule is COc1ccc(C(=O)c2ccc(C)cc2C)cc1C. The highest BCUT2D eigenvalue weighted by atomic mass is 16.5. The summed E-state index contributed by atoms with van der Waals surface area (Å²) in [7, 11) is 1.63. The topological polar surface area (TPSA) is 26.3 Å². The Morgan fingerprint density at radius 2 is 1.68 bits per heavy atom. The number of rotatable bonds is 3. The summed E-state index contributed by atoms with van der Waals surface area (Å²) in [5, 5.41) is 0. The second-order valence-electron chi connectivity index (χ2n) is 4.83. The first kappa shape index (κ1) is 13.3. The van der Waals surface area contributed by atoms with E-state index >= 15 is 0 Å². The van der Waals surface area contributed by atoms with Crippen molar-refractivity contribution >= 4 is 5.78 Å². The van der Waals surface area contributed by atoms with Crippen LogP contribution in [0.5, 0.6) is 5.75 Å². The molecular weight excluding hydrogens is 236 g/mol. The molecule has 2 heteroatoms. The fourth-order valence-corrected chi connectivity index (χ4v) is 2.24. The Balaban J connectivity index is 2.41. The maximum Gasteiger partial charge on any atom is 0.193 e. The first-order valence-electron chi connectivity index (χ1n) is 6.29. The maximum absolute atomic E-state index is 12.5. The van der Waals surface area contributed by atoms with Gasteiger partial charge in [-0.3, -0.25) is 4.79 Å². The molecule has 0 aliphatic heterocycles. The molecule has 0 amide bonds. The highest BCUT2D eigenvalue weighted by Gasteiger charge is 2.13. The van der Waals surface area contributed by atoms with Gasteiger partial charge in [-0.1, -0.05) is 23.8 Å². The fourth-order valence-electron chi connectivity index (χ4n) is 2.24. The van der Waals surface area contributed by atoms with Gasteiger partial charge in [0.15, 0.2) is 5.78 Å². The van der Waals surface area contributed by atoms with Crippen molar-refractivity contribution < 1.29 is 9.53 Å².